The van der Waals surface area contributed by atoms with Gasteiger partial charge in [0.2, 0.25) is 0 Å². The highest BCUT2D eigenvalue weighted by Crippen LogP contribution is 2.56. The molecule has 1 aliphatic heterocycles. The molecule has 0 radical (unpaired) electrons. The molecule has 4 heteroatoms. The Balaban J connectivity index is 1.97. The molecule has 2 aromatic carbocycles. The Morgan fingerprint density at radius 2 is 1.67 bits per heavy atom. The van der Waals surface area contributed by atoms with Gasteiger partial charge in [-0.05, 0) is 37.1 Å². The van der Waals surface area contributed by atoms with E-state index in [0.717, 1.165) is 17.7 Å². The second-order valence-electron chi connectivity index (χ2n) is 5.85. The lowest BCUT2D eigenvalue weighted by molar-refractivity contribution is 0.661. The molecular formula is C17H14OS3. The van der Waals surface area contributed by atoms with Crippen molar-refractivity contribution in [3.8, 4) is 0 Å². The third kappa shape index (κ3) is 1.61. The normalized spacial score (nSPS) is 23.3. The molecule has 0 bridgehead atoms. The van der Waals surface area contributed by atoms with Crippen LogP contribution in [0.4, 0.5) is 0 Å². The van der Waals surface area contributed by atoms with E-state index in [1.807, 2.05) is 23.1 Å². The van der Waals surface area contributed by atoms with Crippen LogP contribution in [0.15, 0.2) is 46.2 Å². The van der Waals surface area contributed by atoms with Crippen molar-refractivity contribution in [3.05, 3.63) is 36.4 Å². The molecule has 106 valence electrons. The van der Waals surface area contributed by atoms with Crippen molar-refractivity contribution in [1.29, 1.82) is 0 Å². The molecule has 5 rings (SSSR count). The lowest BCUT2D eigenvalue weighted by atomic mass is 10.1. The fraction of sp³-hybridized carbons (Fsp3) is 0.294. The quantitative estimate of drug-likeness (QED) is 0.538. The molecule has 1 aromatic heterocycles. The van der Waals surface area contributed by atoms with Gasteiger partial charge in [-0.15, -0.1) is 23.1 Å². The zero-order valence-corrected chi connectivity index (χ0v) is 13.9. The smallest absolute Gasteiger partial charge is 0.100 e. The maximum Gasteiger partial charge on any atom is 0.100 e. The van der Waals surface area contributed by atoms with Crippen molar-refractivity contribution in [3.63, 3.8) is 0 Å². The predicted molar refractivity (Wildman–Crippen MR) is 92.8 cm³/mol. The highest BCUT2D eigenvalue weighted by molar-refractivity contribution is 8.13. The Kier molecular flexibility index (Phi) is 2.62. The molecule has 1 unspecified atom stereocenters. The fourth-order valence-electron chi connectivity index (χ4n) is 3.68. The van der Waals surface area contributed by atoms with Gasteiger partial charge in [0.25, 0.3) is 0 Å². The fourth-order valence-corrected chi connectivity index (χ4v) is 8.83. The van der Waals surface area contributed by atoms with Crippen molar-refractivity contribution < 1.29 is 4.21 Å². The first-order chi connectivity index (χ1) is 10.3. The second-order valence-corrected chi connectivity index (χ2v) is 10.4. The van der Waals surface area contributed by atoms with E-state index < -0.39 is 10.8 Å². The standard InChI is InChI=1S/C17H14OS3/c18-21-14-8-4-6-12-16(14)15-11(19-12)5-3-7-13(15)20-17(21)9-1-2-10-17/h3-8H,1-2,9-10H2. The van der Waals surface area contributed by atoms with E-state index in [9.17, 15) is 4.21 Å². The maximum absolute atomic E-state index is 13.4. The minimum Gasteiger partial charge on any atom is -0.253 e. The number of benzene rings is 2. The van der Waals surface area contributed by atoms with E-state index in [1.54, 1.807) is 0 Å². The summed E-state index contributed by atoms with van der Waals surface area (Å²) in [6.07, 6.45) is 4.56. The molecule has 1 aliphatic carbocycles. The van der Waals surface area contributed by atoms with Gasteiger partial charge in [-0.1, -0.05) is 25.0 Å². The van der Waals surface area contributed by atoms with Crippen LogP contribution in [0, 0.1) is 0 Å². The van der Waals surface area contributed by atoms with Crippen LogP contribution in [0.5, 0.6) is 0 Å². The zero-order chi connectivity index (χ0) is 14.0. The van der Waals surface area contributed by atoms with Gasteiger partial charge < -0.3 is 0 Å². The molecule has 0 N–H and O–H groups in total. The van der Waals surface area contributed by atoms with Gasteiger partial charge >= 0.3 is 0 Å². The van der Waals surface area contributed by atoms with Crippen LogP contribution in [-0.4, -0.2) is 8.29 Å². The SMILES string of the molecule is O=S1c2cccc3sc4cccc(c4c23)SC12CCCC2. The molecule has 1 atom stereocenters. The number of hydrogen-bond acceptors (Lipinski definition) is 3. The van der Waals surface area contributed by atoms with Gasteiger partial charge in [0, 0.05) is 30.0 Å². The highest BCUT2D eigenvalue weighted by Gasteiger charge is 2.44. The van der Waals surface area contributed by atoms with E-state index in [4.69, 9.17) is 0 Å². The lowest BCUT2D eigenvalue weighted by Gasteiger charge is -2.26. The monoisotopic (exact) mass is 330 g/mol. The van der Waals surface area contributed by atoms with E-state index in [1.165, 1.54) is 37.9 Å². The summed E-state index contributed by atoms with van der Waals surface area (Å²) in [7, 11) is -0.920. The van der Waals surface area contributed by atoms with E-state index in [0.29, 0.717) is 0 Å². The minimum absolute atomic E-state index is 0.0980. The van der Waals surface area contributed by atoms with Crippen molar-refractivity contribution in [1.82, 2.24) is 0 Å². The molecular weight excluding hydrogens is 316 g/mol. The van der Waals surface area contributed by atoms with Gasteiger partial charge in [-0.25, -0.2) is 0 Å². The number of thiophene rings is 1. The second kappa shape index (κ2) is 4.34. The average Bonchev–Trinajstić information content (AvgIpc) is 3.08. The Morgan fingerprint density at radius 1 is 0.952 bits per heavy atom. The van der Waals surface area contributed by atoms with Gasteiger partial charge in [0.15, 0.2) is 0 Å². The van der Waals surface area contributed by atoms with E-state index in [-0.39, 0.29) is 4.08 Å². The van der Waals surface area contributed by atoms with Crippen LogP contribution in [-0.2, 0) is 10.8 Å². The summed E-state index contributed by atoms with van der Waals surface area (Å²) in [5.74, 6) is 0. The summed E-state index contributed by atoms with van der Waals surface area (Å²) in [6, 6.07) is 12.9. The van der Waals surface area contributed by atoms with Crippen LogP contribution < -0.4 is 0 Å². The molecule has 1 nitrogen and oxygen atoms in total. The van der Waals surface area contributed by atoms with E-state index >= 15 is 0 Å². The van der Waals surface area contributed by atoms with Crippen molar-refractivity contribution >= 4 is 54.1 Å². The Morgan fingerprint density at radius 3 is 2.48 bits per heavy atom. The first-order valence-corrected chi connectivity index (χ1v) is 10.1. The van der Waals surface area contributed by atoms with Crippen LogP contribution in [0.1, 0.15) is 25.7 Å². The number of rotatable bonds is 0. The summed E-state index contributed by atoms with van der Waals surface area (Å²) in [5, 5.41) is 2.60. The average molecular weight is 330 g/mol. The molecule has 1 spiro atoms. The molecule has 1 fully saturated rings. The van der Waals surface area contributed by atoms with E-state index in [2.05, 4.69) is 36.4 Å². The van der Waals surface area contributed by atoms with Gasteiger partial charge in [-0.2, -0.15) is 0 Å². The number of hydrogen-bond donors (Lipinski definition) is 0. The Labute approximate surface area is 134 Å². The molecule has 3 aromatic rings. The first kappa shape index (κ1) is 12.7. The first-order valence-electron chi connectivity index (χ1n) is 7.34. The third-order valence-electron chi connectivity index (χ3n) is 4.64. The van der Waals surface area contributed by atoms with Gasteiger partial charge in [-0.3, -0.25) is 4.21 Å². The maximum atomic E-state index is 13.4. The molecule has 2 heterocycles. The van der Waals surface area contributed by atoms with Crippen molar-refractivity contribution in [2.24, 2.45) is 0 Å². The van der Waals surface area contributed by atoms with Crippen LogP contribution in [0.3, 0.4) is 0 Å². The Bertz CT molecular complexity index is 903. The summed E-state index contributed by atoms with van der Waals surface area (Å²) >= 11 is 3.71. The summed E-state index contributed by atoms with van der Waals surface area (Å²) in [4.78, 5) is 2.40. The Hall–Kier alpha value is -0.840. The largest absolute Gasteiger partial charge is 0.253 e. The third-order valence-corrected chi connectivity index (χ3v) is 9.63. The molecule has 0 amide bonds. The lowest BCUT2D eigenvalue weighted by Crippen LogP contribution is -2.26. The predicted octanol–water partition coefficient (Wildman–Crippen LogP) is 5.54. The van der Waals surface area contributed by atoms with Gasteiger partial charge in [0.1, 0.15) is 4.08 Å². The van der Waals surface area contributed by atoms with Crippen LogP contribution in [0.2, 0.25) is 0 Å². The minimum atomic E-state index is -0.920. The highest BCUT2D eigenvalue weighted by atomic mass is 32.2. The topological polar surface area (TPSA) is 17.1 Å². The van der Waals surface area contributed by atoms with Crippen molar-refractivity contribution in [2.75, 3.05) is 0 Å². The molecule has 0 saturated heterocycles. The van der Waals surface area contributed by atoms with Crippen molar-refractivity contribution in [2.45, 2.75) is 39.6 Å². The van der Waals surface area contributed by atoms with Crippen LogP contribution >= 0.6 is 23.1 Å². The molecule has 1 saturated carbocycles. The van der Waals surface area contributed by atoms with Crippen LogP contribution in [0.25, 0.3) is 20.2 Å². The van der Waals surface area contributed by atoms with Gasteiger partial charge in [0.05, 0.1) is 10.8 Å². The molecule has 21 heavy (non-hydrogen) atoms. The summed E-state index contributed by atoms with van der Waals surface area (Å²) < 4.78 is 15.9. The number of thioether (sulfide) groups is 1. The molecule has 2 aliphatic rings. The summed E-state index contributed by atoms with van der Waals surface area (Å²) in [6.45, 7) is 0. The zero-order valence-electron chi connectivity index (χ0n) is 11.4. The summed E-state index contributed by atoms with van der Waals surface area (Å²) in [5.41, 5.74) is 0.